The maximum atomic E-state index is 11.9. The van der Waals surface area contributed by atoms with E-state index in [1.165, 1.54) is 5.56 Å². The van der Waals surface area contributed by atoms with Crippen molar-refractivity contribution in [3.63, 3.8) is 0 Å². The first kappa shape index (κ1) is 15.2. The number of rotatable bonds is 1. The van der Waals surface area contributed by atoms with Crippen LogP contribution in [0.25, 0.3) is 0 Å². The fourth-order valence-corrected chi connectivity index (χ4v) is 2.56. The minimum Gasteiger partial charge on any atom is -0.456 e. The molecule has 0 aliphatic rings. The van der Waals surface area contributed by atoms with Crippen molar-refractivity contribution in [2.45, 2.75) is 52.6 Å². The summed E-state index contributed by atoms with van der Waals surface area (Å²) < 4.78 is 6.29. The summed E-state index contributed by atoms with van der Waals surface area (Å²) in [4.78, 5) is 11.9. The molecular formula is C15H21BrO2. The standard InChI is InChI=1S/C15H21BrO2/c1-14(2,3)11-8-7-10(9-12(11)16)13(17)18-15(4,5)6/h7-9H,1-6H3. The van der Waals surface area contributed by atoms with Gasteiger partial charge in [-0.05, 0) is 43.9 Å². The van der Waals surface area contributed by atoms with Crippen molar-refractivity contribution in [1.82, 2.24) is 0 Å². The van der Waals surface area contributed by atoms with Crippen molar-refractivity contribution < 1.29 is 9.53 Å². The predicted molar refractivity (Wildman–Crippen MR) is 78.0 cm³/mol. The van der Waals surface area contributed by atoms with Crippen molar-refractivity contribution in [2.24, 2.45) is 0 Å². The highest BCUT2D eigenvalue weighted by atomic mass is 79.9. The Hall–Kier alpha value is -0.830. The molecule has 0 atom stereocenters. The number of benzene rings is 1. The van der Waals surface area contributed by atoms with Crippen LogP contribution < -0.4 is 0 Å². The lowest BCUT2D eigenvalue weighted by atomic mass is 9.86. The monoisotopic (exact) mass is 312 g/mol. The van der Waals surface area contributed by atoms with Gasteiger partial charge in [-0.15, -0.1) is 0 Å². The smallest absolute Gasteiger partial charge is 0.338 e. The molecule has 0 aliphatic heterocycles. The maximum Gasteiger partial charge on any atom is 0.338 e. The molecule has 1 aromatic rings. The molecule has 0 aliphatic carbocycles. The average molecular weight is 313 g/mol. The summed E-state index contributed by atoms with van der Waals surface area (Å²) in [6, 6.07) is 5.62. The van der Waals surface area contributed by atoms with Crippen molar-refractivity contribution in [1.29, 1.82) is 0 Å². The van der Waals surface area contributed by atoms with E-state index in [1.54, 1.807) is 0 Å². The molecule has 2 nitrogen and oxygen atoms in total. The molecule has 0 saturated carbocycles. The summed E-state index contributed by atoms with van der Waals surface area (Å²) in [5.41, 5.74) is 1.33. The van der Waals surface area contributed by atoms with E-state index in [0.29, 0.717) is 5.56 Å². The number of hydrogen-bond acceptors (Lipinski definition) is 2. The van der Waals surface area contributed by atoms with E-state index in [0.717, 1.165) is 4.47 Å². The second-order valence-electron chi connectivity index (χ2n) is 6.45. The van der Waals surface area contributed by atoms with Gasteiger partial charge in [0.1, 0.15) is 5.60 Å². The van der Waals surface area contributed by atoms with Gasteiger partial charge < -0.3 is 4.74 Å². The molecule has 0 spiro atoms. The Morgan fingerprint density at radius 1 is 1.11 bits per heavy atom. The quantitative estimate of drug-likeness (QED) is 0.702. The van der Waals surface area contributed by atoms with Crippen LogP contribution in [-0.2, 0) is 10.2 Å². The summed E-state index contributed by atoms with van der Waals surface area (Å²) in [5.74, 6) is -0.288. The summed E-state index contributed by atoms with van der Waals surface area (Å²) in [7, 11) is 0. The topological polar surface area (TPSA) is 26.3 Å². The summed E-state index contributed by atoms with van der Waals surface area (Å²) >= 11 is 3.52. The molecule has 0 amide bonds. The lowest BCUT2D eigenvalue weighted by Crippen LogP contribution is -2.24. The van der Waals surface area contributed by atoms with E-state index in [1.807, 2.05) is 39.0 Å². The van der Waals surface area contributed by atoms with Gasteiger partial charge >= 0.3 is 5.97 Å². The average Bonchev–Trinajstić information content (AvgIpc) is 2.12. The summed E-state index contributed by atoms with van der Waals surface area (Å²) in [5, 5.41) is 0. The van der Waals surface area contributed by atoms with Gasteiger partial charge in [-0.2, -0.15) is 0 Å². The van der Waals surface area contributed by atoms with Crippen molar-refractivity contribution >= 4 is 21.9 Å². The second kappa shape index (κ2) is 5.04. The van der Waals surface area contributed by atoms with E-state index in [2.05, 4.69) is 36.7 Å². The van der Waals surface area contributed by atoms with Crippen molar-refractivity contribution in [3.05, 3.63) is 33.8 Å². The minimum absolute atomic E-state index is 0.0469. The molecule has 0 saturated heterocycles. The third kappa shape index (κ3) is 4.13. The molecule has 100 valence electrons. The third-order valence-electron chi connectivity index (χ3n) is 2.41. The van der Waals surface area contributed by atoms with Crippen LogP contribution in [0, 0.1) is 0 Å². The van der Waals surface area contributed by atoms with Gasteiger partial charge in [0, 0.05) is 4.47 Å². The van der Waals surface area contributed by atoms with Gasteiger partial charge in [0.15, 0.2) is 0 Å². The lowest BCUT2D eigenvalue weighted by molar-refractivity contribution is 0.00694. The number of halogens is 1. The number of ether oxygens (including phenoxy) is 1. The highest BCUT2D eigenvalue weighted by molar-refractivity contribution is 9.10. The van der Waals surface area contributed by atoms with Gasteiger partial charge in [-0.25, -0.2) is 4.79 Å². The van der Waals surface area contributed by atoms with Gasteiger partial charge in [0.25, 0.3) is 0 Å². The number of carbonyl (C=O) groups excluding carboxylic acids is 1. The minimum atomic E-state index is -0.466. The second-order valence-corrected chi connectivity index (χ2v) is 7.30. The molecule has 18 heavy (non-hydrogen) atoms. The normalized spacial score (nSPS) is 12.4. The molecular weight excluding hydrogens is 292 g/mol. The maximum absolute atomic E-state index is 11.9. The first-order chi connectivity index (χ1) is 8.00. The molecule has 0 fully saturated rings. The SMILES string of the molecule is CC(C)(C)OC(=O)c1ccc(C(C)(C)C)c(Br)c1. The fourth-order valence-electron chi connectivity index (χ4n) is 1.59. The van der Waals surface area contributed by atoms with Crippen LogP contribution >= 0.6 is 15.9 Å². The van der Waals surface area contributed by atoms with Crippen LogP contribution in [0.2, 0.25) is 0 Å². The van der Waals surface area contributed by atoms with Crippen LogP contribution in [0.3, 0.4) is 0 Å². The molecule has 0 bridgehead atoms. The molecule has 0 radical (unpaired) electrons. The van der Waals surface area contributed by atoms with Crippen LogP contribution in [0.15, 0.2) is 22.7 Å². The fraction of sp³-hybridized carbons (Fsp3) is 0.533. The number of carbonyl (C=O) groups is 1. The lowest BCUT2D eigenvalue weighted by Gasteiger charge is -2.22. The molecule has 0 aromatic heterocycles. The summed E-state index contributed by atoms with van der Waals surface area (Å²) in [6.07, 6.45) is 0. The molecule has 3 heteroatoms. The Labute approximate surface area is 118 Å². The van der Waals surface area contributed by atoms with E-state index in [-0.39, 0.29) is 11.4 Å². The Balaban J connectivity index is 3.02. The van der Waals surface area contributed by atoms with Crippen LogP contribution in [0.1, 0.15) is 57.5 Å². The van der Waals surface area contributed by atoms with Gasteiger partial charge in [0.2, 0.25) is 0 Å². The van der Waals surface area contributed by atoms with Crippen LogP contribution in [0.4, 0.5) is 0 Å². The number of hydrogen-bond donors (Lipinski definition) is 0. The van der Waals surface area contributed by atoms with Crippen LogP contribution in [0.5, 0.6) is 0 Å². The Morgan fingerprint density at radius 3 is 2.06 bits per heavy atom. The molecule has 0 N–H and O–H groups in total. The Kier molecular flexibility index (Phi) is 4.26. The highest BCUT2D eigenvalue weighted by Gasteiger charge is 2.21. The highest BCUT2D eigenvalue weighted by Crippen LogP contribution is 2.30. The Bertz CT molecular complexity index is 451. The van der Waals surface area contributed by atoms with E-state index >= 15 is 0 Å². The zero-order valence-electron chi connectivity index (χ0n) is 11.9. The molecule has 0 unspecified atom stereocenters. The number of esters is 1. The van der Waals surface area contributed by atoms with Crippen molar-refractivity contribution in [2.75, 3.05) is 0 Å². The van der Waals surface area contributed by atoms with Gasteiger partial charge in [-0.3, -0.25) is 0 Å². The largest absolute Gasteiger partial charge is 0.456 e. The van der Waals surface area contributed by atoms with Gasteiger partial charge in [0.05, 0.1) is 5.56 Å². The van der Waals surface area contributed by atoms with Crippen molar-refractivity contribution in [3.8, 4) is 0 Å². The van der Waals surface area contributed by atoms with Gasteiger partial charge in [-0.1, -0.05) is 42.8 Å². The van der Waals surface area contributed by atoms with E-state index in [9.17, 15) is 4.79 Å². The molecule has 0 heterocycles. The van der Waals surface area contributed by atoms with Crippen LogP contribution in [-0.4, -0.2) is 11.6 Å². The zero-order chi connectivity index (χ0) is 14.1. The first-order valence-corrected chi connectivity index (χ1v) is 6.83. The Morgan fingerprint density at radius 2 is 1.67 bits per heavy atom. The first-order valence-electron chi connectivity index (χ1n) is 6.04. The molecule has 1 aromatic carbocycles. The summed E-state index contributed by atoms with van der Waals surface area (Å²) in [6.45, 7) is 12.0. The zero-order valence-corrected chi connectivity index (χ0v) is 13.5. The third-order valence-corrected chi connectivity index (χ3v) is 3.07. The predicted octanol–water partition coefficient (Wildman–Crippen LogP) is 4.70. The molecule has 1 rings (SSSR count). The van der Waals surface area contributed by atoms with E-state index in [4.69, 9.17) is 4.74 Å². The van der Waals surface area contributed by atoms with E-state index < -0.39 is 5.60 Å².